The number of halogens is 2. The third kappa shape index (κ3) is 4.31. The number of amides is 3. The predicted octanol–water partition coefficient (Wildman–Crippen LogP) is 2.74. The summed E-state index contributed by atoms with van der Waals surface area (Å²) in [5, 5.41) is 2.63. The Morgan fingerprint density at radius 2 is 1.66 bits per heavy atom. The molecule has 2 saturated carbocycles. The van der Waals surface area contributed by atoms with Crippen LogP contribution in [0.1, 0.15) is 19.8 Å². The standard InChI is InChI=1S/C22H24Br2N2O6/c1-2-31-12-5-3-11(4-6-12)25-15(27)10-32-16(28)7-8-26-21(29)17-13-9-14(18(17)22(26)30)20(24)19(13)23/h3-6,13-14,17-20H,2,7-10H2,1H3,(H,25,27)/t13-,14-,17-,18-,19-,20+/m1/s1. The van der Waals surface area contributed by atoms with Crippen molar-refractivity contribution in [2.45, 2.75) is 29.4 Å². The quantitative estimate of drug-likeness (QED) is 0.292. The minimum absolute atomic E-state index is 0.0244. The van der Waals surface area contributed by atoms with Crippen molar-refractivity contribution in [2.24, 2.45) is 23.7 Å². The van der Waals surface area contributed by atoms with Crippen LogP contribution in [0.5, 0.6) is 5.75 Å². The van der Waals surface area contributed by atoms with E-state index >= 15 is 0 Å². The van der Waals surface area contributed by atoms with Gasteiger partial charge in [0, 0.05) is 21.9 Å². The van der Waals surface area contributed by atoms with E-state index in [1.165, 1.54) is 4.90 Å². The molecule has 4 rings (SSSR count). The number of nitrogens with one attached hydrogen (secondary N) is 1. The molecule has 6 atom stereocenters. The first kappa shape index (κ1) is 23.2. The lowest BCUT2D eigenvalue weighted by Crippen LogP contribution is -2.37. The maximum Gasteiger partial charge on any atom is 0.308 e. The van der Waals surface area contributed by atoms with E-state index < -0.39 is 18.5 Å². The van der Waals surface area contributed by atoms with Gasteiger partial charge in [-0.05, 0) is 49.4 Å². The highest BCUT2D eigenvalue weighted by atomic mass is 79.9. The number of likely N-dealkylation sites (tertiary alicyclic amines) is 1. The summed E-state index contributed by atoms with van der Waals surface area (Å²) in [6.45, 7) is 1.96. The lowest BCUT2D eigenvalue weighted by Gasteiger charge is -2.28. The van der Waals surface area contributed by atoms with Crippen LogP contribution in [0.4, 0.5) is 5.69 Å². The van der Waals surface area contributed by atoms with Crippen LogP contribution in [0, 0.1) is 23.7 Å². The van der Waals surface area contributed by atoms with Crippen LogP contribution < -0.4 is 10.1 Å². The highest BCUT2D eigenvalue weighted by Crippen LogP contribution is 2.60. The van der Waals surface area contributed by atoms with Crippen LogP contribution in [0.25, 0.3) is 0 Å². The van der Waals surface area contributed by atoms with Crippen LogP contribution in [-0.4, -0.2) is 58.0 Å². The lowest BCUT2D eigenvalue weighted by atomic mass is 9.81. The summed E-state index contributed by atoms with van der Waals surface area (Å²) >= 11 is 7.30. The molecule has 2 bridgehead atoms. The first-order valence-corrected chi connectivity index (χ1v) is 12.5. The van der Waals surface area contributed by atoms with Gasteiger partial charge in [0.2, 0.25) is 11.8 Å². The number of hydrogen-bond donors (Lipinski definition) is 1. The molecule has 8 nitrogen and oxygen atoms in total. The number of ether oxygens (including phenoxy) is 2. The van der Waals surface area contributed by atoms with E-state index in [4.69, 9.17) is 9.47 Å². The third-order valence-electron chi connectivity index (χ3n) is 6.43. The SMILES string of the molecule is CCOc1ccc(NC(=O)COC(=O)CCN2C(=O)[C@@H]3[C@H]4C[C@@H]([C@@H](Br)[C@H]4Br)[C@H]3C2=O)cc1. The average molecular weight is 572 g/mol. The second kappa shape index (κ2) is 9.51. The number of fused-ring (bicyclic) bond motifs is 5. The fraction of sp³-hybridized carbons (Fsp3) is 0.545. The Balaban J connectivity index is 1.23. The zero-order chi connectivity index (χ0) is 23.0. The number of benzene rings is 1. The molecule has 1 heterocycles. The smallest absolute Gasteiger partial charge is 0.308 e. The molecule has 1 aromatic rings. The Morgan fingerprint density at radius 1 is 1.06 bits per heavy atom. The van der Waals surface area contributed by atoms with Crippen molar-refractivity contribution >= 4 is 61.2 Å². The number of imide groups is 1. The number of alkyl halides is 2. The van der Waals surface area contributed by atoms with Crippen molar-refractivity contribution < 1.29 is 28.7 Å². The fourth-order valence-corrected chi connectivity index (χ4v) is 6.92. The predicted molar refractivity (Wildman–Crippen MR) is 123 cm³/mol. The minimum Gasteiger partial charge on any atom is -0.494 e. The Morgan fingerprint density at radius 3 is 2.22 bits per heavy atom. The molecule has 1 saturated heterocycles. The molecule has 2 aliphatic carbocycles. The maximum atomic E-state index is 12.8. The third-order valence-corrected chi connectivity index (χ3v) is 9.64. The van der Waals surface area contributed by atoms with Crippen molar-refractivity contribution in [3.63, 3.8) is 0 Å². The molecule has 1 aromatic carbocycles. The van der Waals surface area contributed by atoms with Crippen LogP contribution in [0.15, 0.2) is 24.3 Å². The van der Waals surface area contributed by atoms with Gasteiger partial charge in [0.1, 0.15) is 5.75 Å². The van der Waals surface area contributed by atoms with Gasteiger partial charge >= 0.3 is 5.97 Å². The summed E-state index contributed by atoms with van der Waals surface area (Å²) in [5.41, 5.74) is 0.555. The highest BCUT2D eigenvalue weighted by Gasteiger charge is 2.66. The normalized spacial score (nSPS) is 30.4. The second-order valence-electron chi connectivity index (χ2n) is 8.25. The molecule has 3 amide bonds. The molecule has 3 fully saturated rings. The van der Waals surface area contributed by atoms with E-state index in [0.717, 1.165) is 6.42 Å². The Hall–Kier alpha value is -1.94. The largest absolute Gasteiger partial charge is 0.494 e. The van der Waals surface area contributed by atoms with Crippen molar-refractivity contribution in [3.8, 4) is 5.75 Å². The van der Waals surface area contributed by atoms with Gasteiger partial charge in [-0.25, -0.2) is 0 Å². The number of esters is 1. The Labute approximate surface area is 202 Å². The number of carbonyl (C=O) groups is 4. The van der Waals surface area contributed by atoms with Gasteiger partial charge in [-0.2, -0.15) is 0 Å². The summed E-state index contributed by atoms with van der Waals surface area (Å²) in [4.78, 5) is 51.3. The van der Waals surface area contributed by atoms with Crippen LogP contribution >= 0.6 is 31.9 Å². The highest BCUT2D eigenvalue weighted by molar-refractivity contribution is 9.12. The average Bonchev–Trinajstić information content (AvgIpc) is 3.37. The summed E-state index contributed by atoms with van der Waals surface area (Å²) in [6, 6.07) is 6.83. The van der Waals surface area contributed by atoms with Crippen molar-refractivity contribution in [1.82, 2.24) is 4.90 Å². The topological polar surface area (TPSA) is 102 Å². The molecule has 172 valence electrons. The molecule has 3 aliphatic rings. The van der Waals surface area contributed by atoms with Gasteiger partial charge in [-0.15, -0.1) is 0 Å². The molecular weight excluding hydrogens is 548 g/mol. The van der Waals surface area contributed by atoms with E-state index in [9.17, 15) is 19.2 Å². The molecule has 0 aromatic heterocycles. The Bertz CT molecular complexity index is 892. The monoisotopic (exact) mass is 570 g/mol. The van der Waals surface area contributed by atoms with Crippen molar-refractivity contribution in [2.75, 3.05) is 25.1 Å². The summed E-state index contributed by atoms with van der Waals surface area (Å²) < 4.78 is 10.4. The molecule has 0 unspecified atom stereocenters. The van der Waals surface area contributed by atoms with E-state index in [1.807, 2.05) is 6.92 Å². The molecular formula is C22H24Br2N2O6. The number of anilines is 1. The zero-order valence-electron chi connectivity index (χ0n) is 17.5. The van der Waals surface area contributed by atoms with Gasteiger partial charge < -0.3 is 14.8 Å². The van der Waals surface area contributed by atoms with Gasteiger partial charge in [0.25, 0.3) is 5.91 Å². The van der Waals surface area contributed by atoms with Gasteiger partial charge in [0.05, 0.1) is 24.9 Å². The number of carbonyl (C=O) groups excluding carboxylic acids is 4. The van der Waals surface area contributed by atoms with Gasteiger partial charge in [0.15, 0.2) is 6.61 Å². The number of rotatable bonds is 8. The summed E-state index contributed by atoms with van der Waals surface area (Å²) in [5.74, 6) is -1.16. The Kier molecular flexibility index (Phi) is 6.90. The fourth-order valence-electron chi connectivity index (χ4n) is 5.05. The summed E-state index contributed by atoms with van der Waals surface area (Å²) in [6.07, 6.45) is 0.718. The van der Waals surface area contributed by atoms with E-state index in [-0.39, 0.29) is 58.1 Å². The van der Waals surface area contributed by atoms with E-state index in [1.54, 1.807) is 24.3 Å². The second-order valence-corrected chi connectivity index (χ2v) is 10.4. The minimum atomic E-state index is -0.635. The molecule has 32 heavy (non-hydrogen) atoms. The van der Waals surface area contributed by atoms with E-state index in [2.05, 4.69) is 37.2 Å². The van der Waals surface area contributed by atoms with Crippen LogP contribution in [0.3, 0.4) is 0 Å². The zero-order valence-corrected chi connectivity index (χ0v) is 20.6. The van der Waals surface area contributed by atoms with Gasteiger partial charge in [-0.3, -0.25) is 24.1 Å². The van der Waals surface area contributed by atoms with E-state index in [0.29, 0.717) is 18.0 Å². The molecule has 10 heteroatoms. The number of nitrogens with zero attached hydrogens (tertiary/aromatic N) is 1. The van der Waals surface area contributed by atoms with Crippen molar-refractivity contribution in [3.05, 3.63) is 24.3 Å². The molecule has 1 N–H and O–H groups in total. The van der Waals surface area contributed by atoms with Crippen LogP contribution in [-0.2, 0) is 23.9 Å². The summed E-state index contributed by atoms with van der Waals surface area (Å²) in [7, 11) is 0. The van der Waals surface area contributed by atoms with Crippen LogP contribution in [0.2, 0.25) is 0 Å². The first-order valence-electron chi connectivity index (χ1n) is 10.6. The van der Waals surface area contributed by atoms with Crippen molar-refractivity contribution in [1.29, 1.82) is 0 Å². The maximum absolute atomic E-state index is 12.8. The lowest BCUT2D eigenvalue weighted by molar-refractivity contribution is -0.149. The molecule has 0 radical (unpaired) electrons. The number of hydrogen-bond acceptors (Lipinski definition) is 6. The van der Waals surface area contributed by atoms with Gasteiger partial charge in [-0.1, -0.05) is 31.9 Å². The molecule has 1 aliphatic heterocycles. The first-order chi connectivity index (χ1) is 15.3. The molecule has 0 spiro atoms.